The summed E-state index contributed by atoms with van der Waals surface area (Å²) < 4.78 is 39.6. The van der Waals surface area contributed by atoms with Gasteiger partial charge >= 0.3 is 6.18 Å². The molecule has 0 aliphatic carbocycles. The van der Waals surface area contributed by atoms with Gasteiger partial charge in [0.05, 0.1) is 11.3 Å². The standard InChI is InChI=1S/C19H18ClF3N2O2/c1-18(2,17(27)25(3)13-7-5-4-6-8-13)16(26)24-15-10-9-12(20)11-14(15)19(21,22)23/h4-11H,1-3H3,(H,24,26). The molecule has 4 nitrogen and oxygen atoms in total. The fourth-order valence-corrected chi connectivity index (χ4v) is 2.60. The van der Waals surface area contributed by atoms with E-state index in [0.29, 0.717) is 5.69 Å². The van der Waals surface area contributed by atoms with Gasteiger partial charge in [0.15, 0.2) is 0 Å². The minimum absolute atomic E-state index is 0.112. The molecule has 0 aliphatic heterocycles. The number of benzene rings is 2. The topological polar surface area (TPSA) is 49.4 Å². The molecule has 2 rings (SSSR count). The number of alkyl halides is 3. The van der Waals surface area contributed by atoms with Crippen LogP contribution in [0.15, 0.2) is 48.5 Å². The number of nitrogens with zero attached hydrogens (tertiary/aromatic N) is 1. The summed E-state index contributed by atoms with van der Waals surface area (Å²) >= 11 is 5.64. The van der Waals surface area contributed by atoms with Crippen molar-refractivity contribution in [1.82, 2.24) is 0 Å². The van der Waals surface area contributed by atoms with Gasteiger partial charge in [0, 0.05) is 17.8 Å². The second kappa shape index (κ2) is 7.60. The van der Waals surface area contributed by atoms with E-state index in [9.17, 15) is 22.8 Å². The van der Waals surface area contributed by atoms with E-state index >= 15 is 0 Å². The predicted molar refractivity (Wildman–Crippen MR) is 98.7 cm³/mol. The molecule has 8 heteroatoms. The molecule has 27 heavy (non-hydrogen) atoms. The van der Waals surface area contributed by atoms with Gasteiger partial charge in [-0.3, -0.25) is 9.59 Å². The smallest absolute Gasteiger partial charge is 0.325 e. The van der Waals surface area contributed by atoms with Crippen LogP contribution < -0.4 is 10.2 Å². The summed E-state index contributed by atoms with van der Waals surface area (Å²) in [5.74, 6) is -1.42. The summed E-state index contributed by atoms with van der Waals surface area (Å²) in [6.45, 7) is 2.71. The lowest BCUT2D eigenvalue weighted by atomic mass is 9.90. The average molecular weight is 399 g/mol. The first-order chi connectivity index (χ1) is 12.4. The third-order valence-corrected chi connectivity index (χ3v) is 4.32. The second-order valence-corrected chi connectivity index (χ2v) is 6.90. The maximum atomic E-state index is 13.2. The van der Waals surface area contributed by atoms with Gasteiger partial charge in [0.1, 0.15) is 5.41 Å². The van der Waals surface area contributed by atoms with Crippen molar-refractivity contribution in [2.75, 3.05) is 17.3 Å². The molecule has 2 amide bonds. The Morgan fingerprint density at radius 1 is 1.04 bits per heavy atom. The highest BCUT2D eigenvalue weighted by atomic mass is 35.5. The SMILES string of the molecule is CN(C(=O)C(C)(C)C(=O)Nc1ccc(Cl)cc1C(F)(F)F)c1ccccc1. The maximum Gasteiger partial charge on any atom is 0.418 e. The number of para-hydroxylation sites is 1. The Kier molecular flexibility index (Phi) is 5.85. The molecule has 0 unspecified atom stereocenters. The largest absolute Gasteiger partial charge is 0.418 e. The number of carbonyl (C=O) groups is 2. The third-order valence-electron chi connectivity index (χ3n) is 4.09. The van der Waals surface area contributed by atoms with Gasteiger partial charge in [-0.05, 0) is 44.2 Å². The number of carbonyl (C=O) groups excluding carboxylic acids is 2. The Labute approximate surface area is 159 Å². The van der Waals surface area contributed by atoms with Crippen LogP contribution in [0.25, 0.3) is 0 Å². The molecule has 0 saturated heterocycles. The monoisotopic (exact) mass is 398 g/mol. The van der Waals surface area contributed by atoms with Crippen LogP contribution in [0.1, 0.15) is 19.4 Å². The van der Waals surface area contributed by atoms with E-state index in [1.54, 1.807) is 30.3 Å². The van der Waals surface area contributed by atoms with Gasteiger partial charge in [-0.25, -0.2) is 0 Å². The number of nitrogens with one attached hydrogen (secondary N) is 1. The van der Waals surface area contributed by atoms with Gasteiger partial charge in [-0.1, -0.05) is 29.8 Å². The quantitative estimate of drug-likeness (QED) is 0.738. The molecule has 0 fully saturated rings. The molecule has 0 atom stereocenters. The predicted octanol–water partition coefficient (Wildman–Crippen LogP) is 4.99. The van der Waals surface area contributed by atoms with Crippen molar-refractivity contribution in [2.24, 2.45) is 5.41 Å². The van der Waals surface area contributed by atoms with Crippen molar-refractivity contribution in [3.8, 4) is 0 Å². The van der Waals surface area contributed by atoms with Crippen LogP contribution in [0.3, 0.4) is 0 Å². The molecular formula is C19H18ClF3N2O2. The highest BCUT2D eigenvalue weighted by molar-refractivity contribution is 6.30. The molecule has 0 aliphatic rings. The molecule has 0 bridgehead atoms. The molecule has 2 aromatic carbocycles. The number of hydrogen-bond donors (Lipinski definition) is 1. The maximum absolute atomic E-state index is 13.2. The Hall–Kier alpha value is -2.54. The van der Waals surface area contributed by atoms with Crippen LogP contribution in [0, 0.1) is 5.41 Å². The van der Waals surface area contributed by atoms with Crippen LogP contribution in [0.2, 0.25) is 5.02 Å². The summed E-state index contributed by atoms with van der Waals surface area (Å²) in [4.78, 5) is 26.7. The van der Waals surface area contributed by atoms with Crippen molar-refractivity contribution in [1.29, 1.82) is 0 Å². The third kappa shape index (κ3) is 4.60. The van der Waals surface area contributed by atoms with Gasteiger partial charge in [-0.2, -0.15) is 13.2 Å². The van der Waals surface area contributed by atoms with Crippen LogP contribution in [0.5, 0.6) is 0 Å². The van der Waals surface area contributed by atoms with Gasteiger partial charge in [0.2, 0.25) is 11.8 Å². The molecule has 1 N–H and O–H groups in total. The number of halogens is 4. The molecule has 144 valence electrons. The van der Waals surface area contributed by atoms with E-state index < -0.39 is 34.7 Å². The van der Waals surface area contributed by atoms with Crippen molar-refractivity contribution in [3.63, 3.8) is 0 Å². The first-order valence-electron chi connectivity index (χ1n) is 7.96. The summed E-state index contributed by atoms with van der Waals surface area (Å²) in [5, 5.41) is 2.10. The lowest BCUT2D eigenvalue weighted by molar-refractivity contribution is -0.137. The van der Waals surface area contributed by atoms with Crippen LogP contribution >= 0.6 is 11.6 Å². The van der Waals surface area contributed by atoms with Gasteiger partial charge in [-0.15, -0.1) is 0 Å². The van der Waals surface area contributed by atoms with Crippen molar-refractivity contribution in [2.45, 2.75) is 20.0 Å². The zero-order chi connectivity index (χ0) is 20.4. The van der Waals surface area contributed by atoms with E-state index in [4.69, 9.17) is 11.6 Å². The number of hydrogen-bond acceptors (Lipinski definition) is 2. The van der Waals surface area contributed by atoms with Crippen molar-refractivity contribution in [3.05, 3.63) is 59.1 Å². The van der Waals surface area contributed by atoms with E-state index in [2.05, 4.69) is 5.32 Å². The Balaban J connectivity index is 2.28. The minimum atomic E-state index is -4.71. The lowest BCUT2D eigenvalue weighted by Crippen LogP contribution is -2.46. The van der Waals surface area contributed by atoms with Crippen molar-refractivity contribution >= 4 is 34.8 Å². The molecule has 2 aromatic rings. The summed E-state index contributed by atoms with van der Waals surface area (Å²) in [5.41, 5.74) is -2.58. The van der Waals surface area contributed by atoms with Crippen LogP contribution in [-0.4, -0.2) is 18.9 Å². The number of amides is 2. The van der Waals surface area contributed by atoms with E-state index in [-0.39, 0.29) is 5.02 Å². The van der Waals surface area contributed by atoms with Crippen molar-refractivity contribution < 1.29 is 22.8 Å². The summed E-state index contributed by atoms with van der Waals surface area (Å²) in [6, 6.07) is 11.6. The van der Waals surface area contributed by atoms with E-state index in [0.717, 1.165) is 12.1 Å². The highest BCUT2D eigenvalue weighted by Gasteiger charge is 2.40. The first kappa shape index (κ1) is 20.8. The van der Waals surface area contributed by atoms with Gasteiger partial charge in [0.25, 0.3) is 0 Å². The van der Waals surface area contributed by atoms with Crippen LogP contribution in [0.4, 0.5) is 24.5 Å². The highest BCUT2D eigenvalue weighted by Crippen LogP contribution is 2.37. The zero-order valence-corrected chi connectivity index (χ0v) is 15.7. The molecule has 0 radical (unpaired) electrons. The molecule has 0 saturated carbocycles. The molecule has 0 heterocycles. The Bertz CT molecular complexity index is 852. The molecule has 0 aromatic heterocycles. The van der Waals surface area contributed by atoms with E-state index in [1.165, 1.54) is 31.9 Å². The normalized spacial score (nSPS) is 11.8. The summed E-state index contributed by atoms with van der Waals surface area (Å²) in [7, 11) is 1.50. The molecular weight excluding hydrogens is 381 g/mol. The Morgan fingerprint density at radius 2 is 1.63 bits per heavy atom. The zero-order valence-electron chi connectivity index (χ0n) is 14.9. The average Bonchev–Trinajstić information content (AvgIpc) is 2.61. The number of anilines is 2. The lowest BCUT2D eigenvalue weighted by Gasteiger charge is -2.29. The molecule has 0 spiro atoms. The van der Waals surface area contributed by atoms with E-state index in [1.807, 2.05) is 0 Å². The second-order valence-electron chi connectivity index (χ2n) is 6.47. The fourth-order valence-electron chi connectivity index (χ4n) is 2.42. The van der Waals surface area contributed by atoms with Gasteiger partial charge < -0.3 is 10.2 Å². The number of rotatable bonds is 4. The fraction of sp³-hybridized carbons (Fsp3) is 0.263. The van der Waals surface area contributed by atoms with Crippen LogP contribution in [-0.2, 0) is 15.8 Å². The Morgan fingerprint density at radius 3 is 2.19 bits per heavy atom. The minimum Gasteiger partial charge on any atom is -0.325 e. The first-order valence-corrected chi connectivity index (χ1v) is 8.34. The summed E-state index contributed by atoms with van der Waals surface area (Å²) in [6.07, 6.45) is -4.71.